The lowest BCUT2D eigenvalue weighted by Gasteiger charge is -2.12. The molecule has 0 fully saturated rings. The number of methoxy groups -OCH3 is 1. The van der Waals surface area contributed by atoms with E-state index in [1.165, 1.54) is 12.3 Å². The van der Waals surface area contributed by atoms with Crippen LogP contribution in [0.1, 0.15) is 16.9 Å². The van der Waals surface area contributed by atoms with Gasteiger partial charge in [0.2, 0.25) is 0 Å². The molecule has 0 radical (unpaired) electrons. The Labute approximate surface area is 169 Å². The monoisotopic (exact) mass is 388 g/mol. The molecule has 3 rings (SSSR count). The van der Waals surface area contributed by atoms with E-state index in [0.717, 1.165) is 5.56 Å². The molecule has 0 aliphatic carbocycles. The van der Waals surface area contributed by atoms with Crippen molar-refractivity contribution in [2.24, 2.45) is 0 Å². The summed E-state index contributed by atoms with van der Waals surface area (Å²) in [6, 6.07) is 20.4. The number of amides is 1. The van der Waals surface area contributed by atoms with Crippen molar-refractivity contribution in [1.82, 2.24) is 5.32 Å². The molecule has 146 valence electrons. The molecule has 2 aromatic carbocycles. The average Bonchev–Trinajstić information content (AvgIpc) is 3.29. The fraction of sp³-hybridized carbons (Fsp3) is 0.130. The summed E-state index contributed by atoms with van der Waals surface area (Å²) < 4.78 is 16.4. The molecule has 0 bridgehead atoms. The predicted octanol–water partition coefficient (Wildman–Crippen LogP) is 4.09. The second-order valence-corrected chi connectivity index (χ2v) is 6.12. The molecule has 0 aliphatic rings. The Balaban J connectivity index is 1.74. The van der Waals surface area contributed by atoms with E-state index in [0.29, 0.717) is 29.4 Å². The minimum absolute atomic E-state index is 0.0178. The van der Waals surface area contributed by atoms with Crippen LogP contribution in [-0.4, -0.2) is 13.0 Å². The zero-order valence-electron chi connectivity index (χ0n) is 15.9. The summed E-state index contributed by atoms with van der Waals surface area (Å²) in [6.45, 7) is 0.581. The van der Waals surface area contributed by atoms with E-state index < -0.39 is 5.91 Å². The molecule has 0 aliphatic heterocycles. The Hall–Kier alpha value is -3.98. The lowest BCUT2D eigenvalue weighted by atomic mass is 10.1. The molecular formula is C23H20N2O4. The van der Waals surface area contributed by atoms with Crippen molar-refractivity contribution < 1.29 is 18.7 Å². The van der Waals surface area contributed by atoms with Gasteiger partial charge in [-0.2, -0.15) is 5.26 Å². The van der Waals surface area contributed by atoms with E-state index in [9.17, 15) is 10.1 Å². The molecule has 1 amide bonds. The standard InChI is InChI=1S/C23H20N2O4/c1-27-21-10-9-18(13-22(21)29-16-17-6-3-2-4-7-17)12-19(14-24)23(26)25-15-20-8-5-11-28-20/h2-13H,15-16H2,1H3,(H,25,26). The van der Waals surface area contributed by atoms with Gasteiger partial charge >= 0.3 is 0 Å². The molecule has 1 N–H and O–H groups in total. The van der Waals surface area contributed by atoms with Gasteiger partial charge in [0, 0.05) is 0 Å². The SMILES string of the molecule is COc1ccc(C=C(C#N)C(=O)NCc2ccco2)cc1OCc1ccccc1. The zero-order valence-corrected chi connectivity index (χ0v) is 15.9. The van der Waals surface area contributed by atoms with Crippen molar-refractivity contribution in [2.75, 3.05) is 7.11 Å². The van der Waals surface area contributed by atoms with Crippen molar-refractivity contribution >= 4 is 12.0 Å². The molecule has 0 saturated heterocycles. The molecule has 29 heavy (non-hydrogen) atoms. The fourth-order valence-electron chi connectivity index (χ4n) is 2.62. The molecule has 6 nitrogen and oxygen atoms in total. The van der Waals surface area contributed by atoms with Gasteiger partial charge in [0.05, 0.1) is 19.9 Å². The topological polar surface area (TPSA) is 84.5 Å². The minimum Gasteiger partial charge on any atom is -0.493 e. The first-order chi connectivity index (χ1) is 14.2. The first kappa shape index (κ1) is 19.8. The largest absolute Gasteiger partial charge is 0.493 e. The van der Waals surface area contributed by atoms with Crippen LogP contribution in [0.25, 0.3) is 6.08 Å². The van der Waals surface area contributed by atoms with E-state index in [1.54, 1.807) is 37.4 Å². The Bertz CT molecular complexity index is 1020. The van der Waals surface area contributed by atoms with Crippen LogP contribution in [0, 0.1) is 11.3 Å². The quantitative estimate of drug-likeness (QED) is 0.464. The van der Waals surface area contributed by atoms with Gasteiger partial charge in [-0.25, -0.2) is 0 Å². The molecule has 1 heterocycles. The number of hydrogen-bond acceptors (Lipinski definition) is 5. The number of carbonyl (C=O) groups excluding carboxylic acids is 1. The van der Waals surface area contributed by atoms with Crippen molar-refractivity contribution in [2.45, 2.75) is 13.2 Å². The number of nitrogens with one attached hydrogen (secondary N) is 1. The second-order valence-electron chi connectivity index (χ2n) is 6.12. The Kier molecular flexibility index (Phi) is 6.69. The number of rotatable bonds is 8. The van der Waals surface area contributed by atoms with Gasteiger partial charge in [0.15, 0.2) is 11.5 Å². The lowest BCUT2D eigenvalue weighted by molar-refractivity contribution is -0.117. The van der Waals surface area contributed by atoms with Gasteiger partial charge in [0.25, 0.3) is 5.91 Å². The van der Waals surface area contributed by atoms with E-state index in [1.807, 2.05) is 36.4 Å². The molecule has 3 aromatic rings. The van der Waals surface area contributed by atoms with Crippen molar-refractivity contribution in [1.29, 1.82) is 5.26 Å². The van der Waals surface area contributed by atoms with E-state index in [2.05, 4.69) is 5.32 Å². The third-order valence-corrected chi connectivity index (χ3v) is 4.10. The Morgan fingerprint density at radius 2 is 1.97 bits per heavy atom. The number of carbonyl (C=O) groups is 1. The van der Waals surface area contributed by atoms with Crippen LogP contribution in [0.4, 0.5) is 0 Å². The maximum absolute atomic E-state index is 12.3. The average molecular weight is 388 g/mol. The first-order valence-corrected chi connectivity index (χ1v) is 8.96. The van der Waals surface area contributed by atoms with Crippen molar-refractivity contribution in [3.8, 4) is 17.6 Å². The van der Waals surface area contributed by atoms with Gasteiger partial charge in [-0.3, -0.25) is 4.79 Å². The summed E-state index contributed by atoms with van der Waals surface area (Å²) in [6.07, 6.45) is 3.03. The number of furan rings is 1. The summed E-state index contributed by atoms with van der Waals surface area (Å²) >= 11 is 0. The Morgan fingerprint density at radius 1 is 1.14 bits per heavy atom. The highest BCUT2D eigenvalue weighted by Gasteiger charge is 2.11. The van der Waals surface area contributed by atoms with E-state index in [4.69, 9.17) is 13.9 Å². The van der Waals surface area contributed by atoms with Gasteiger partial charge in [-0.15, -0.1) is 0 Å². The summed E-state index contributed by atoms with van der Waals surface area (Å²) in [5.41, 5.74) is 1.65. The molecule has 0 atom stereocenters. The van der Waals surface area contributed by atoms with Gasteiger partial charge in [-0.1, -0.05) is 36.4 Å². The Morgan fingerprint density at radius 3 is 2.66 bits per heavy atom. The smallest absolute Gasteiger partial charge is 0.262 e. The van der Waals surface area contributed by atoms with Crippen LogP contribution in [0.2, 0.25) is 0 Å². The summed E-state index contributed by atoms with van der Waals surface area (Å²) in [5, 5.41) is 12.0. The highest BCUT2D eigenvalue weighted by molar-refractivity contribution is 6.01. The predicted molar refractivity (Wildman–Crippen MR) is 108 cm³/mol. The highest BCUT2D eigenvalue weighted by Crippen LogP contribution is 2.29. The second kappa shape index (κ2) is 9.81. The summed E-state index contributed by atoms with van der Waals surface area (Å²) in [7, 11) is 1.56. The van der Waals surface area contributed by atoms with Crippen LogP contribution >= 0.6 is 0 Å². The van der Waals surface area contributed by atoms with E-state index >= 15 is 0 Å². The van der Waals surface area contributed by atoms with Crippen LogP contribution in [0.15, 0.2) is 76.9 Å². The number of hydrogen-bond donors (Lipinski definition) is 1. The number of nitrogens with zero attached hydrogens (tertiary/aromatic N) is 1. The van der Waals surface area contributed by atoms with Crippen LogP contribution < -0.4 is 14.8 Å². The fourth-order valence-corrected chi connectivity index (χ4v) is 2.62. The molecule has 0 unspecified atom stereocenters. The third kappa shape index (κ3) is 5.50. The number of benzene rings is 2. The van der Waals surface area contributed by atoms with Crippen LogP contribution in [0.5, 0.6) is 11.5 Å². The summed E-state index contributed by atoms with van der Waals surface area (Å²) in [4.78, 5) is 12.3. The molecule has 6 heteroatoms. The third-order valence-electron chi connectivity index (χ3n) is 4.10. The molecule has 0 saturated carbocycles. The van der Waals surface area contributed by atoms with Crippen LogP contribution in [-0.2, 0) is 17.9 Å². The number of ether oxygens (including phenoxy) is 2. The van der Waals surface area contributed by atoms with Gasteiger partial charge in [0.1, 0.15) is 24.0 Å². The van der Waals surface area contributed by atoms with Gasteiger partial charge < -0.3 is 19.2 Å². The molecule has 1 aromatic heterocycles. The molecular weight excluding hydrogens is 368 g/mol. The lowest BCUT2D eigenvalue weighted by Crippen LogP contribution is -2.23. The normalized spacial score (nSPS) is 10.8. The summed E-state index contributed by atoms with van der Waals surface area (Å²) in [5.74, 6) is 1.22. The number of nitriles is 1. The van der Waals surface area contributed by atoms with Crippen LogP contribution in [0.3, 0.4) is 0 Å². The van der Waals surface area contributed by atoms with Gasteiger partial charge in [-0.05, 0) is 41.5 Å². The molecule has 0 spiro atoms. The maximum atomic E-state index is 12.3. The van der Waals surface area contributed by atoms with E-state index in [-0.39, 0.29) is 12.1 Å². The zero-order chi connectivity index (χ0) is 20.5. The van der Waals surface area contributed by atoms with Crippen molar-refractivity contribution in [3.63, 3.8) is 0 Å². The van der Waals surface area contributed by atoms with Crippen molar-refractivity contribution in [3.05, 3.63) is 89.4 Å². The maximum Gasteiger partial charge on any atom is 0.262 e. The minimum atomic E-state index is -0.480. The highest BCUT2D eigenvalue weighted by atomic mass is 16.5. The first-order valence-electron chi connectivity index (χ1n) is 8.96.